The Hall–Kier alpha value is -1.96. The van der Waals surface area contributed by atoms with Gasteiger partial charge in [0.1, 0.15) is 21.6 Å². The fourth-order valence-electron chi connectivity index (χ4n) is 1.43. The van der Waals surface area contributed by atoms with E-state index in [0.717, 1.165) is 0 Å². The van der Waals surface area contributed by atoms with Crippen LogP contribution in [0.1, 0.15) is 23.8 Å². The number of nitrogens with zero attached hydrogens (tertiary/aromatic N) is 1. The number of amides is 1. The summed E-state index contributed by atoms with van der Waals surface area (Å²) in [7, 11) is -3.28. The van der Waals surface area contributed by atoms with E-state index in [0.29, 0.717) is 0 Å². The molecule has 110 valence electrons. The minimum atomic E-state index is -3.28. The maximum Gasteiger partial charge on any atom is 0.326 e. The second kappa shape index (κ2) is 6.99. The fraction of sp³-hybridized carbons (Fsp3) is 0.417. The lowest BCUT2D eigenvalue weighted by molar-refractivity contribution is -0.139. The number of hydrogen-bond donors (Lipinski definition) is 2. The van der Waals surface area contributed by atoms with Gasteiger partial charge in [0.25, 0.3) is 5.91 Å². The SMILES string of the molecule is CCS(=O)(=O)CCC(NC(=O)c1ccccn1)C(=O)O. The number of carbonyl (C=O) groups excluding carboxylic acids is 1. The maximum absolute atomic E-state index is 11.8. The predicted molar refractivity (Wildman–Crippen MR) is 72.1 cm³/mol. The molecule has 0 aromatic carbocycles. The molecule has 0 saturated carbocycles. The van der Waals surface area contributed by atoms with Gasteiger partial charge in [0.15, 0.2) is 0 Å². The summed E-state index contributed by atoms with van der Waals surface area (Å²) in [6.45, 7) is 1.48. The van der Waals surface area contributed by atoms with Crippen LogP contribution in [0.4, 0.5) is 0 Å². The zero-order valence-corrected chi connectivity index (χ0v) is 11.8. The van der Waals surface area contributed by atoms with Gasteiger partial charge in [-0.05, 0) is 18.6 Å². The summed E-state index contributed by atoms with van der Waals surface area (Å²) >= 11 is 0. The highest BCUT2D eigenvalue weighted by atomic mass is 32.2. The van der Waals surface area contributed by atoms with Crippen LogP contribution in [0.15, 0.2) is 24.4 Å². The Balaban J connectivity index is 2.69. The smallest absolute Gasteiger partial charge is 0.326 e. The Kier molecular flexibility index (Phi) is 5.63. The lowest BCUT2D eigenvalue weighted by atomic mass is 10.2. The monoisotopic (exact) mass is 300 g/mol. The third-order valence-corrected chi connectivity index (χ3v) is 4.40. The van der Waals surface area contributed by atoms with Crippen LogP contribution in [0, 0.1) is 0 Å². The molecule has 1 aromatic heterocycles. The van der Waals surface area contributed by atoms with Gasteiger partial charge >= 0.3 is 5.97 Å². The molecule has 0 aliphatic rings. The Labute approximate surface area is 116 Å². The third-order valence-electron chi connectivity index (χ3n) is 2.66. The molecule has 0 bridgehead atoms. The highest BCUT2D eigenvalue weighted by molar-refractivity contribution is 7.91. The van der Waals surface area contributed by atoms with Crippen molar-refractivity contribution in [2.75, 3.05) is 11.5 Å². The third kappa shape index (κ3) is 4.96. The molecule has 0 radical (unpaired) electrons. The second-order valence-corrected chi connectivity index (χ2v) is 6.58. The van der Waals surface area contributed by atoms with E-state index in [2.05, 4.69) is 10.3 Å². The molecule has 1 unspecified atom stereocenters. The van der Waals surface area contributed by atoms with Crippen LogP contribution in [-0.2, 0) is 14.6 Å². The summed E-state index contributed by atoms with van der Waals surface area (Å²) in [5, 5.41) is 11.3. The van der Waals surface area contributed by atoms with Gasteiger partial charge < -0.3 is 10.4 Å². The molecule has 0 spiro atoms. The molecule has 1 heterocycles. The van der Waals surface area contributed by atoms with Gasteiger partial charge in [-0.3, -0.25) is 9.78 Å². The number of hydrogen-bond acceptors (Lipinski definition) is 5. The molecule has 0 saturated heterocycles. The molecule has 7 nitrogen and oxygen atoms in total. The Morgan fingerprint density at radius 1 is 1.40 bits per heavy atom. The molecule has 1 amide bonds. The number of carbonyl (C=O) groups is 2. The molecule has 0 aliphatic heterocycles. The molecule has 0 fully saturated rings. The van der Waals surface area contributed by atoms with Crippen molar-refractivity contribution in [2.24, 2.45) is 0 Å². The summed E-state index contributed by atoms with van der Waals surface area (Å²) < 4.78 is 22.7. The molecule has 0 aliphatic carbocycles. The number of pyridine rings is 1. The Morgan fingerprint density at radius 2 is 2.10 bits per heavy atom. The average molecular weight is 300 g/mol. The molecule has 1 rings (SSSR count). The van der Waals surface area contributed by atoms with Crippen molar-refractivity contribution in [1.29, 1.82) is 0 Å². The molecule has 20 heavy (non-hydrogen) atoms. The van der Waals surface area contributed by atoms with Crippen LogP contribution in [0.25, 0.3) is 0 Å². The first-order valence-electron chi connectivity index (χ1n) is 6.01. The van der Waals surface area contributed by atoms with E-state index in [4.69, 9.17) is 5.11 Å². The van der Waals surface area contributed by atoms with Crippen molar-refractivity contribution in [3.05, 3.63) is 30.1 Å². The summed E-state index contributed by atoms with van der Waals surface area (Å²) in [5.74, 6) is -2.27. The number of nitrogens with one attached hydrogen (secondary N) is 1. The Bertz CT molecular complexity index is 571. The van der Waals surface area contributed by atoms with Gasteiger partial charge in [0, 0.05) is 11.9 Å². The molecule has 1 aromatic rings. The van der Waals surface area contributed by atoms with E-state index in [1.54, 1.807) is 12.1 Å². The lowest BCUT2D eigenvalue weighted by Gasteiger charge is -2.13. The first-order valence-corrected chi connectivity index (χ1v) is 7.83. The van der Waals surface area contributed by atoms with Gasteiger partial charge in [0.2, 0.25) is 0 Å². The van der Waals surface area contributed by atoms with Gasteiger partial charge in [-0.25, -0.2) is 13.2 Å². The van der Waals surface area contributed by atoms with Crippen molar-refractivity contribution < 1.29 is 23.1 Å². The summed E-state index contributed by atoms with van der Waals surface area (Å²) in [5.41, 5.74) is 0.0806. The fourth-order valence-corrected chi connectivity index (χ4v) is 2.31. The van der Waals surface area contributed by atoms with Crippen molar-refractivity contribution in [1.82, 2.24) is 10.3 Å². The topological polar surface area (TPSA) is 113 Å². The number of rotatable bonds is 7. The predicted octanol–water partition coefficient (Wildman–Crippen LogP) is 0.0894. The zero-order valence-electron chi connectivity index (χ0n) is 10.9. The highest BCUT2D eigenvalue weighted by Crippen LogP contribution is 2.01. The summed E-state index contributed by atoms with van der Waals surface area (Å²) in [4.78, 5) is 26.6. The van der Waals surface area contributed by atoms with Crippen LogP contribution in [0.3, 0.4) is 0 Å². The van der Waals surface area contributed by atoms with Gasteiger partial charge in [-0.15, -0.1) is 0 Å². The molecular formula is C12H16N2O5S. The van der Waals surface area contributed by atoms with Crippen LogP contribution in [0.2, 0.25) is 0 Å². The summed E-state index contributed by atoms with van der Waals surface area (Å²) in [6, 6.07) is 3.40. The molecule has 8 heteroatoms. The maximum atomic E-state index is 11.8. The van der Waals surface area contributed by atoms with Crippen molar-refractivity contribution >= 4 is 21.7 Å². The minimum Gasteiger partial charge on any atom is -0.480 e. The van der Waals surface area contributed by atoms with Gasteiger partial charge in [0.05, 0.1) is 5.75 Å². The standard InChI is InChI=1S/C12H16N2O5S/c1-2-20(18,19)8-6-10(12(16)17)14-11(15)9-5-3-4-7-13-9/h3-5,7,10H,2,6,8H2,1H3,(H,14,15)(H,16,17). The molecule has 2 N–H and O–H groups in total. The zero-order chi connectivity index (χ0) is 15.2. The molecular weight excluding hydrogens is 284 g/mol. The van der Waals surface area contributed by atoms with Crippen LogP contribution in [0.5, 0.6) is 0 Å². The van der Waals surface area contributed by atoms with E-state index in [9.17, 15) is 18.0 Å². The van der Waals surface area contributed by atoms with Crippen LogP contribution in [-0.4, -0.2) is 47.9 Å². The number of carboxylic acids is 1. The first-order chi connectivity index (χ1) is 9.35. The number of aromatic nitrogens is 1. The van der Waals surface area contributed by atoms with E-state index in [-0.39, 0.29) is 23.6 Å². The largest absolute Gasteiger partial charge is 0.480 e. The minimum absolute atomic E-state index is 0.0620. The lowest BCUT2D eigenvalue weighted by Crippen LogP contribution is -2.42. The van der Waals surface area contributed by atoms with Gasteiger partial charge in [-0.2, -0.15) is 0 Å². The second-order valence-electron chi connectivity index (χ2n) is 4.10. The quantitative estimate of drug-likeness (QED) is 0.737. The average Bonchev–Trinajstić information content (AvgIpc) is 2.43. The van der Waals surface area contributed by atoms with Crippen molar-refractivity contribution in [3.63, 3.8) is 0 Å². The molecule has 1 atom stereocenters. The van der Waals surface area contributed by atoms with Crippen LogP contribution < -0.4 is 5.32 Å². The van der Waals surface area contributed by atoms with Crippen LogP contribution >= 0.6 is 0 Å². The normalized spacial score (nSPS) is 12.7. The van der Waals surface area contributed by atoms with Gasteiger partial charge in [-0.1, -0.05) is 13.0 Å². The van der Waals surface area contributed by atoms with E-state index in [1.807, 2.05) is 0 Å². The number of sulfone groups is 1. The van der Waals surface area contributed by atoms with E-state index < -0.39 is 27.8 Å². The number of carboxylic acid groups (broad SMARTS) is 1. The number of aliphatic carboxylic acids is 1. The summed E-state index contributed by atoms with van der Waals surface area (Å²) in [6.07, 6.45) is 1.23. The van der Waals surface area contributed by atoms with E-state index >= 15 is 0 Å². The van der Waals surface area contributed by atoms with Crippen molar-refractivity contribution in [3.8, 4) is 0 Å². The first kappa shape index (κ1) is 16.1. The highest BCUT2D eigenvalue weighted by Gasteiger charge is 2.23. The van der Waals surface area contributed by atoms with Crippen molar-refractivity contribution in [2.45, 2.75) is 19.4 Å². The Morgan fingerprint density at radius 3 is 2.60 bits per heavy atom. The van der Waals surface area contributed by atoms with E-state index in [1.165, 1.54) is 19.2 Å².